The molecule has 1 N–H and O–H groups in total. The molecular formula is C23H25FN2O3. The van der Waals surface area contributed by atoms with E-state index in [2.05, 4.69) is 5.32 Å². The van der Waals surface area contributed by atoms with E-state index in [1.165, 1.54) is 19.2 Å². The molecule has 3 aromatic rings. The summed E-state index contributed by atoms with van der Waals surface area (Å²) in [5, 5.41) is 3.61. The SMILES string of the molecule is COC(=O)C(NC(=O)c1cn(Cc2ccc(F)cc2)c2ccccc12)C(C)(C)C. The minimum atomic E-state index is -0.779. The Balaban J connectivity index is 1.96. The van der Waals surface area contributed by atoms with Crippen LogP contribution in [0.1, 0.15) is 36.7 Å². The van der Waals surface area contributed by atoms with Gasteiger partial charge in [-0.3, -0.25) is 4.79 Å². The van der Waals surface area contributed by atoms with Crippen molar-refractivity contribution < 1.29 is 18.7 Å². The van der Waals surface area contributed by atoms with Crippen molar-refractivity contribution in [3.05, 3.63) is 71.7 Å². The van der Waals surface area contributed by atoms with Crippen LogP contribution in [0.15, 0.2) is 54.7 Å². The number of carbonyl (C=O) groups excluding carboxylic acids is 2. The predicted molar refractivity (Wildman–Crippen MR) is 110 cm³/mol. The maximum absolute atomic E-state index is 13.2. The Hall–Kier alpha value is -3.15. The summed E-state index contributed by atoms with van der Waals surface area (Å²) in [5.41, 5.74) is 1.77. The summed E-state index contributed by atoms with van der Waals surface area (Å²) in [6.07, 6.45) is 1.76. The van der Waals surface area contributed by atoms with E-state index in [1.807, 2.05) is 49.6 Å². The van der Waals surface area contributed by atoms with Gasteiger partial charge in [0.25, 0.3) is 5.91 Å². The van der Waals surface area contributed by atoms with Crippen molar-refractivity contribution in [3.8, 4) is 0 Å². The van der Waals surface area contributed by atoms with Gasteiger partial charge in [-0.25, -0.2) is 9.18 Å². The van der Waals surface area contributed by atoms with Gasteiger partial charge in [0.15, 0.2) is 0 Å². The van der Waals surface area contributed by atoms with Crippen LogP contribution in [0.3, 0.4) is 0 Å². The number of amides is 1. The van der Waals surface area contributed by atoms with Crippen LogP contribution in [0.25, 0.3) is 10.9 Å². The largest absolute Gasteiger partial charge is 0.467 e. The Kier molecular flexibility index (Phi) is 5.73. The minimum Gasteiger partial charge on any atom is -0.467 e. The zero-order valence-electron chi connectivity index (χ0n) is 17.0. The summed E-state index contributed by atoms with van der Waals surface area (Å²) in [7, 11) is 1.31. The number of para-hydroxylation sites is 1. The molecule has 0 bridgehead atoms. The van der Waals surface area contributed by atoms with E-state index in [1.54, 1.807) is 18.3 Å². The van der Waals surface area contributed by atoms with Gasteiger partial charge in [-0.15, -0.1) is 0 Å². The van der Waals surface area contributed by atoms with Gasteiger partial charge in [0.1, 0.15) is 11.9 Å². The molecule has 0 fully saturated rings. The van der Waals surface area contributed by atoms with Gasteiger partial charge in [-0.1, -0.05) is 51.1 Å². The van der Waals surface area contributed by atoms with Gasteiger partial charge in [0.05, 0.1) is 12.7 Å². The van der Waals surface area contributed by atoms with Gasteiger partial charge < -0.3 is 14.6 Å². The predicted octanol–water partition coefficient (Wildman–Crippen LogP) is 4.15. The number of hydrogen-bond acceptors (Lipinski definition) is 3. The number of carbonyl (C=O) groups is 2. The lowest BCUT2D eigenvalue weighted by atomic mass is 9.86. The molecule has 152 valence electrons. The van der Waals surface area contributed by atoms with Crippen LogP contribution in [0.4, 0.5) is 4.39 Å². The summed E-state index contributed by atoms with van der Waals surface area (Å²) in [4.78, 5) is 25.3. The van der Waals surface area contributed by atoms with Gasteiger partial charge in [-0.2, -0.15) is 0 Å². The smallest absolute Gasteiger partial charge is 0.328 e. The molecule has 2 aromatic carbocycles. The first-order valence-electron chi connectivity index (χ1n) is 9.41. The molecule has 0 spiro atoms. The number of benzene rings is 2. The fourth-order valence-electron chi connectivity index (χ4n) is 3.30. The Bertz CT molecular complexity index is 1030. The third kappa shape index (κ3) is 4.47. The zero-order valence-corrected chi connectivity index (χ0v) is 17.0. The number of methoxy groups -OCH3 is 1. The van der Waals surface area contributed by atoms with E-state index in [4.69, 9.17) is 4.74 Å². The molecule has 0 saturated heterocycles. The van der Waals surface area contributed by atoms with Crippen LogP contribution < -0.4 is 5.32 Å². The molecular weight excluding hydrogens is 371 g/mol. The lowest BCUT2D eigenvalue weighted by Crippen LogP contribution is -2.49. The molecule has 0 aliphatic carbocycles. The van der Waals surface area contributed by atoms with E-state index in [0.717, 1.165) is 16.5 Å². The van der Waals surface area contributed by atoms with Crippen molar-refractivity contribution in [2.75, 3.05) is 7.11 Å². The third-order valence-electron chi connectivity index (χ3n) is 4.88. The number of nitrogens with zero attached hydrogens (tertiary/aromatic N) is 1. The first-order valence-corrected chi connectivity index (χ1v) is 9.41. The van der Waals surface area contributed by atoms with E-state index < -0.39 is 17.4 Å². The van der Waals surface area contributed by atoms with Gasteiger partial charge >= 0.3 is 5.97 Å². The maximum atomic E-state index is 13.2. The Morgan fingerprint density at radius 2 is 1.76 bits per heavy atom. The molecule has 0 radical (unpaired) electrons. The van der Waals surface area contributed by atoms with Gasteiger partial charge in [-0.05, 0) is 29.2 Å². The molecule has 1 atom stereocenters. The molecule has 0 aliphatic rings. The lowest BCUT2D eigenvalue weighted by Gasteiger charge is -2.28. The molecule has 5 nitrogen and oxygen atoms in total. The second-order valence-electron chi connectivity index (χ2n) is 8.11. The van der Waals surface area contributed by atoms with Crippen LogP contribution in [-0.2, 0) is 16.1 Å². The Morgan fingerprint density at radius 1 is 1.10 bits per heavy atom. The van der Waals surface area contributed by atoms with E-state index in [0.29, 0.717) is 12.1 Å². The highest BCUT2D eigenvalue weighted by atomic mass is 19.1. The second kappa shape index (κ2) is 8.07. The Morgan fingerprint density at radius 3 is 2.38 bits per heavy atom. The molecule has 29 heavy (non-hydrogen) atoms. The third-order valence-corrected chi connectivity index (χ3v) is 4.88. The van der Waals surface area contributed by atoms with Crippen molar-refractivity contribution in [1.29, 1.82) is 0 Å². The van der Waals surface area contributed by atoms with E-state index in [-0.39, 0.29) is 11.7 Å². The fraction of sp³-hybridized carbons (Fsp3) is 0.304. The van der Waals surface area contributed by atoms with Crippen molar-refractivity contribution in [2.45, 2.75) is 33.4 Å². The molecule has 0 aliphatic heterocycles. The van der Waals surface area contributed by atoms with Crippen molar-refractivity contribution >= 4 is 22.8 Å². The van der Waals surface area contributed by atoms with Crippen molar-refractivity contribution in [1.82, 2.24) is 9.88 Å². The molecule has 0 saturated carbocycles. The van der Waals surface area contributed by atoms with Crippen molar-refractivity contribution in [3.63, 3.8) is 0 Å². The van der Waals surface area contributed by atoms with Crippen LogP contribution in [0, 0.1) is 11.2 Å². The highest BCUT2D eigenvalue weighted by Crippen LogP contribution is 2.25. The van der Waals surface area contributed by atoms with E-state index >= 15 is 0 Å². The molecule has 1 heterocycles. The highest BCUT2D eigenvalue weighted by Gasteiger charge is 2.34. The van der Waals surface area contributed by atoms with Gasteiger partial charge in [0.2, 0.25) is 0 Å². The Labute approximate surface area is 169 Å². The topological polar surface area (TPSA) is 60.3 Å². The molecule has 6 heteroatoms. The summed E-state index contributed by atoms with van der Waals surface area (Å²) in [6, 6.07) is 13.1. The number of ether oxygens (including phenoxy) is 1. The number of fused-ring (bicyclic) bond motifs is 1. The minimum absolute atomic E-state index is 0.290. The number of aromatic nitrogens is 1. The molecule has 3 rings (SSSR count). The van der Waals surface area contributed by atoms with Crippen LogP contribution in [0.2, 0.25) is 0 Å². The molecule has 1 unspecified atom stereocenters. The zero-order chi connectivity index (χ0) is 21.2. The summed E-state index contributed by atoms with van der Waals surface area (Å²) in [6.45, 7) is 6.10. The lowest BCUT2D eigenvalue weighted by molar-refractivity contribution is -0.145. The average molecular weight is 396 g/mol. The van der Waals surface area contributed by atoms with Gasteiger partial charge in [0, 0.05) is 23.6 Å². The highest BCUT2D eigenvalue weighted by molar-refractivity contribution is 6.08. The average Bonchev–Trinajstić information content (AvgIpc) is 3.05. The first kappa shape index (κ1) is 20.6. The standard InChI is InChI=1S/C23H25FN2O3/c1-23(2,3)20(22(28)29-4)25-21(27)18-14-26(19-8-6-5-7-17(18)19)13-15-9-11-16(24)12-10-15/h5-12,14,20H,13H2,1-4H3,(H,25,27). The number of rotatable bonds is 5. The summed E-state index contributed by atoms with van der Waals surface area (Å²) in [5.74, 6) is -1.12. The number of esters is 1. The summed E-state index contributed by atoms with van der Waals surface area (Å²) < 4.78 is 20.0. The monoisotopic (exact) mass is 396 g/mol. The molecule has 1 amide bonds. The number of hydrogen-bond donors (Lipinski definition) is 1. The van der Waals surface area contributed by atoms with Crippen LogP contribution >= 0.6 is 0 Å². The van der Waals surface area contributed by atoms with E-state index in [9.17, 15) is 14.0 Å². The fourth-order valence-corrected chi connectivity index (χ4v) is 3.30. The summed E-state index contributed by atoms with van der Waals surface area (Å²) >= 11 is 0. The first-order chi connectivity index (χ1) is 13.7. The number of halogens is 1. The van der Waals surface area contributed by atoms with Crippen LogP contribution in [-0.4, -0.2) is 29.6 Å². The normalized spacial score (nSPS) is 12.6. The maximum Gasteiger partial charge on any atom is 0.328 e. The second-order valence-corrected chi connectivity index (χ2v) is 8.11. The quantitative estimate of drug-likeness (QED) is 0.659. The van der Waals surface area contributed by atoms with Crippen LogP contribution in [0.5, 0.6) is 0 Å². The number of nitrogens with one attached hydrogen (secondary N) is 1. The van der Waals surface area contributed by atoms with Crippen molar-refractivity contribution in [2.24, 2.45) is 5.41 Å². The molecule has 1 aromatic heterocycles.